The van der Waals surface area contributed by atoms with E-state index in [0.29, 0.717) is 0 Å². The van der Waals surface area contributed by atoms with Crippen molar-refractivity contribution in [2.45, 2.75) is 6.42 Å². The third-order valence-corrected chi connectivity index (χ3v) is 4.03. The molecule has 0 bridgehead atoms. The fourth-order valence-corrected chi connectivity index (χ4v) is 3.02. The predicted octanol–water partition coefficient (Wildman–Crippen LogP) is 3.70. The number of halogens is 1. The van der Waals surface area contributed by atoms with E-state index < -0.39 is 0 Å². The highest BCUT2D eigenvalue weighted by molar-refractivity contribution is 9.10. The monoisotopic (exact) mass is 314 g/mol. The standard InChI is InChI=1S/C15H11BrN2O/c16-14-12-3-1-2-7-18(12)15(17-14)11-4-5-13-10(9-11)6-8-19-13/h1-5,7,9H,6,8H2. The fraction of sp³-hybridized carbons (Fsp3) is 0.133. The molecule has 0 N–H and O–H groups in total. The van der Waals surface area contributed by atoms with Crippen molar-refractivity contribution in [1.29, 1.82) is 0 Å². The van der Waals surface area contributed by atoms with Crippen LogP contribution in [-0.2, 0) is 6.42 Å². The number of hydrogen-bond acceptors (Lipinski definition) is 2. The van der Waals surface area contributed by atoms with E-state index in [-0.39, 0.29) is 0 Å². The minimum absolute atomic E-state index is 0.783. The van der Waals surface area contributed by atoms with Crippen molar-refractivity contribution < 1.29 is 4.74 Å². The lowest BCUT2D eigenvalue weighted by atomic mass is 10.1. The molecule has 0 radical (unpaired) electrons. The lowest BCUT2D eigenvalue weighted by molar-refractivity contribution is 0.357. The highest BCUT2D eigenvalue weighted by Gasteiger charge is 2.15. The maximum atomic E-state index is 5.55. The van der Waals surface area contributed by atoms with E-state index in [1.807, 2.05) is 24.4 Å². The molecule has 94 valence electrons. The Morgan fingerprint density at radius 2 is 2.16 bits per heavy atom. The Morgan fingerprint density at radius 3 is 3.11 bits per heavy atom. The fourth-order valence-electron chi connectivity index (χ4n) is 2.53. The number of fused-ring (bicyclic) bond motifs is 2. The van der Waals surface area contributed by atoms with E-state index in [1.165, 1.54) is 5.56 Å². The first-order chi connectivity index (χ1) is 9.33. The van der Waals surface area contributed by atoms with Crippen LogP contribution in [0.15, 0.2) is 47.2 Å². The predicted molar refractivity (Wildman–Crippen MR) is 77.5 cm³/mol. The Balaban J connectivity index is 1.95. The molecule has 4 rings (SSSR count). The van der Waals surface area contributed by atoms with Gasteiger partial charge in [-0.05, 0) is 51.8 Å². The molecule has 3 aromatic rings. The summed E-state index contributed by atoms with van der Waals surface area (Å²) in [6.45, 7) is 0.783. The summed E-state index contributed by atoms with van der Waals surface area (Å²) in [6.07, 6.45) is 3.01. The van der Waals surface area contributed by atoms with E-state index in [1.54, 1.807) is 0 Å². The van der Waals surface area contributed by atoms with E-state index in [4.69, 9.17) is 4.74 Å². The summed E-state index contributed by atoms with van der Waals surface area (Å²) in [5, 5.41) is 0. The Kier molecular flexibility index (Phi) is 2.38. The maximum absolute atomic E-state index is 5.55. The lowest BCUT2D eigenvalue weighted by Crippen LogP contribution is -1.89. The largest absolute Gasteiger partial charge is 0.493 e. The van der Waals surface area contributed by atoms with Crippen LogP contribution >= 0.6 is 15.9 Å². The zero-order valence-corrected chi connectivity index (χ0v) is 11.7. The summed E-state index contributed by atoms with van der Waals surface area (Å²) >= 11 is 3.52. The number of imidazole rings is 1. The Hall–Kier alpha value is -1.81. The van der Waals surface area contributed by atoms with Crippen LogP contribution in [0, 0.1) is 0 Å². The van der Waals surface area contributed by atoms with Crippen LogP contribution < -0.4 is 4.74 Å². The van der Waals surface area contributed by atoms with Gasteiger partial charge in [-0.15, -0.1) is 0 Å². The highest BCUT2D eigenvalue weighted by atomic mass is 79.9. The van der Waals surface area contributed by atoms with Gasteiger partial charge in [0.2, 0.25) is 0 Å². The van der Waals surface area contributed by atoms with Crippen molar-refractivity contribution in [2.24, 2.45) is 0 Å². The molecule has 3 heterocycles. The summed E-state index contributed by atoms with van der Waals surface area (Å²) in [4.78, 5) is 4.62. The number of benzene rings is 1. The molecule has 1 aromatic carbocycles. The van der Waals surface area contributed by atoms with Gasteiger partial charge >= 0.3 is 0 Å². The average Bonchev–Trinajstić information content (AvgIpc) is 3.03. The second-order valence-corrected chi connectivity index (χ2v) is 5.35. The normalized spacial score (nSPS) is 13.5. The second-order valence-electron chi connectivity index (χ2n) is 4.60. The van der Waals surface area contributed by atoms with Crippen LogP contribution in [0.3, 0.4) is 0 Å². The summed E-state index contributed by atoms with van der Waals surface area (Å²) in [5.74, 6) is 1.96. The molecule has 19 heavy (non-hydrogen) atoms. The number of pyridine rings is 1. The third-order valence-electron chi connectivity index (χ3n) is 3.45. The van der Waals surface area contributed by atoms with Crippen molar-refractivity contribution >= 4 is 21.4 Å². The van der Waals surface area contributed by atoms with Gasteiger partial charge in [-0.2, -0.15) is 0 Å². The molecule has 4 heteroatoms. The first kappa shape index (κ1) is 11.1. The second kappa shape index (κ2) is 4.10. The summed E-state index contributed by atoms with van der Waals surface area (Å²) < 4.78 is 8.52. The van der Waals surface area contributed by atoms with Gasteiger partial charge < -0.3 is 4.74 Å². The average molecular weight is 315 g/mol. The van der Waals surface area contributed by atoms with Gasteiger partial charge in [0.25, 0.3) is 0 Å². The number of rotatable bonds is 1. The minimum atomic E-state index is 0.783. The van der Waals surface area contributed by atoms with E-state index in [0.717, 1.165) is 40.3 Å². The molecule has 0 atom stereocenters. The molecular formula is C15H11BrN2O. The van der Waals surface area contributed by atoms with Crippen molar-refractivity contribution in [3.63, 3.8) is 0 Å². The Bertz CT molecular complexity index is 779. The minimum Gasteiger partial charge on any atom is -0.493 e. The van der Waals surface area contributed by atoms with E-state index in [9.17, 15) is 0 Å². The molecule has 0 saturated heterocycles. The van der Waals surface area contributed by atoms with Gasteiger partial charge in [0.1, 0.15) is 16.2 Å². The van der Waals surface area contributed by atoms with Gasteiger partial charge in [-0.25, -0.2) is 4.98 Å². The van der Waals surface area contributed by atoms with Crippen molar-refractivity contribution in [3.05, 3.63) is 52.8 Å². The first-order valence-electron chi connectivity index (χ1n) is 6.21. The summed E-state index contributed by atoms with van der Waals surface area (Å²) in [6, 6.07) is 12.4. The number of aromatic nitrogens is 2. The SMILES string of the molecule is Brc1nc(-c2ccc3c(c2)CCO3)n2ccccc12. The van der Waals surface area contributed by atoms with Crippen molar-refractivity contribution in [2.75, 3.05) is 6.61 Å². The molecule has 0 fully saturated rings. The summed E-state index contributed by atoms with van der Waals surface area (Å²) in [7, 11) is 0. The van der Waals surface area contributed by atoms with Gasteiger partial charge in [0, 0.05) is 18.2 Å². The van der Waals surface area contributed by atoms with Crippen LogP contribution in [0.2, 0.25) is 0 Å². The number of hydrogen-bond donors (Lipinski definition) is 0. The number of nitrogens with zero attached hydrogens (tertiary/aromatic N) is 2. The van der Waals surface area contributed by atoms with Gasteiger partial charge in [-0.3, -0.25) is 4.40 Å². The first-order valence-corrected chi connectivity index (χ1v) is 7.01. The van der Waals surface area contributed by atoms with E-state index >= 15 is 0 Å². The van der Waals surface area contributed by atoms with Crippen LogP contribution in [0.4, 0.5) is 0 Å². The molecule has 0 aliphatic carbocycles. The third kappa shape index (κ3) is 1.67. The van der Waals surface area contributed by atoms with Crippen molar-refractivity contribution in [3.8, 4) is 17.1 Å². The quantitative estimate of drug-likeness (QED) is 0.684. The van der Waals surface area contributed by atoms with Crippen LogP contribution in [0.25, 0.3) is 16.9 Å². The topological polar surface area (TPSA) is 26.5 Å². The molecule has 1 aliphatic heterocycles. The molecule has 0 saturated carbocycles. The molecule has 0 amide bonds. The molecule has 3 nitrogen and oxygen atoms in total. The molecule has 1 aliphatic rings. The van der Waals surface area contributed by atoms with Crippen LogP contribution in [0.1, 0.15) is 5.56 Å². The number of ether oxygens (including phenoxy) is 1. The van der Waals surface area contributed by atoms with Gasteiger partial charge in [0.15, 0.2) is 0 Å². The Morgan fingerprint density at radius 1 is 1.21 bits per heavy atom. The Labute approximate surface area is 119 Å². The van der Waals surface area contributed by atoms with E-state index in [2.05, 4.69) is 43.5 Å². The molecule has 0 unspecified atom stereocenters. The van der Waals surface area contributed by atoms with Gasteiger partial charge in [-0.1, -0.05) is 6.07 Å². The molecule has 2 aromatic heterocycles. The zero-order chi connectivity index (χ0) is 12.8. The molecular weight excluding hydrogens is 304 g/mol. The van der Waals surface area contributed by atoms with Gasteiger partial charge in [0.05, 0.1) is 12.1 Å². The lowest BCUT2D eigenvalue weighted by Gasteiger charge is -2.03. The smallest absolute Gasteiger partial charge is 0.145 e. The maximum Gasteiger partial charge on any atom is 0.145 e. The zero-order valence-electron chi connectivity index (χ0n) is 10.1. The van der Waals surface area contributed by atoms with Crippen LogP contribution in [0.5, 0.6) is 5.75 Å². The van der Waals surface area contributed by atoms with Crippen molar-refractivity contribution in [1.82, 2.24) is 9.38 Å². The summed E-state index contributed by atoms with van der Waals surface area (Å²) in [5.41, 5.74) is 3.46. The molecule has 0 spiro atoms. The highest BCUT2D eigenvalue weighted by Crippen LogP contribution is 2.31. The van der Waals surface area contributed by atoms with Crippen LogP contribution in [-0.4, -0.2) is 16.0 Å².